The summed E-state index contributed by atoms with van der Waals surface area (Å²) >= 11 is 0. The Kier molecular flexibility index (Phi) is 5.65. The van der Waals surface area contributed by atoms with E-state index in [-0.39, 0.29) is 11.3 Å². The largest absolute Gasteiger partial charge is 0.497 e. The molecule has 1 aromatic carbocycles. The van der Waals surface area contributed by atoms with E-state index < -0.39 is 0 Å². The molecule has 148 valence electrons. The van der Waals surface area contributed by atoms with E-state index in [0.29, 0.717) is 30.2 Å². The van der Waals surface area contributed by atoms with Crippen molar-refractivity contribution in [3.63, 3.8) is 0 Å². The van der Waals surface area contributed by atoms with E-state index in [1.807, 2.05) is 30.3 Å². The van der Waals surface area contributed by atoms with E-state index in [2.05, 4.69) is 31.2 Å². The summed E-state index contributed by atoms with van der Waals surface area (Å²) in [6, 6.07) is 11.3. The fraction of sp³-hybridized carbons (Fsp3) is 0.381. The van der Waals surface area contributed by atoms with Gasteiger partial charge in [0.2, 0.25) is 0 Å². The SMILES string of the molecule is COCCNC(=O)c1cc(-c2cccc(OC)c2)nc2cc(C(C)(C)C)nn12. The van der Waals surface area contributed by atoms with Gasteiger partial charge in [-0.15, -0.1) is 0 Å². The first-order chi connectivity index (χ1) is 13.3. The molecule has 0 fully saturated rings. The van der Waals surface area contributed by atoms with Crippen LogP contribution in [0, 0.1) is 0 Å². The fourth-order valence-electron chi connectivity index (χ4n) is 2.79. The highest BCUT2D eigenvalue weighted by molar-refractivity contribution is 5.94. The molecule has 0 unspecified atom stereocenters. The average Bonchev–Trinajstić information content (AvgIpc) is 3.12. The van der Waals surface area contributed by atoms with Gasteiger partial charge in [0.05, 0.1) is 25.1 Å². The topological polar surface area (TPSA) is 77.8 Å². The molecule has 0 saturated carbocycles. The summed E-state index contributed by atoms with van der Waals surface area (Å²) in [5.74, 6) is 0.506. The van der Waals surface area contributed by atoms with Crippen LogP contribution in [0.25, 0.3) is 16.9 Å². The molecule has 0 saturated heterocycles. The van der Waals surface area contributed by atoms with Gasteiger partial charge < -0.3 is 14.8 Å². The average molecular weight is 382 g/mol. The maximum absolute atomic E-state index is 12.8. The summed E-state index contributed by atoms with van der Waals surface area (Å²) in [5.41, 5.74) is 3.31. The maximum Gasteiger partial charge on any atom is 0.270 e. The van der Waals surface area contributed by atoms with Crippen molar-refractivity contribution in [2.75, 3.05) is 27.4 Å². The molecule has 1 amide bonds. The second kappa shape index (κ2) is 7.98. The second-order valence-corrected chi connectivity index (χ2v) is 7.56. The van der Waals surface area contributed by atoms with Crippen LogP contribution in [-0.2, 0) is 10.2 Å². The monoisotopic (exact) mass is 382 g/mol. The van der Waals surface area contributed by atoms with Crippen LogP contribution in [0.2, 0.25) is 0 Å². The number of hydrogen-bond donors (Lipinski definition) is 1. The maximum atomic E-state index is 12.8. The van der Waals surface area contributed by atoms with Crippen molar-refractivity contribution in [2.45, 2.75) is 26.2 Å². The number of nitrogens with zero attached hydrogens (tertiary/aromatic N) is 3. The summed E-state index contributed by atoms with van der Waals surface area (Å²) in [6.07, 6.45) is 0. The number of methoxy groups -OCH3 is 2. The smallest absolute Gasteiger partial charge is 0.270 e. The molecule has 0 aliphatic heterocycles. The Morgan fingerprint density at radius 2 is 1.96 bits per heavy atom. The predicted molar refractivity (Wildman–Crippen MR) is 108 cm³/mol. The van der Waals surface area contributed by atoms with Gasteiger partial charge in [-0.3, -0.25) is 4.79 Å². The Bertz CT molecular complexity index is 989. The normalized spacial score (nSPS) is 11.6. The summed E-state index contributed by atoms with van der Waals surface area (Å²) in [4.78, 5) is 17.6. The van der Waals surface area contributed by atoms with Gasteiger partial charge in [-0.2, -0.15) is 5.10 Å². The van der Waals surface area contributed by atoms with Gasteiger partial charge in [-0.1, -0.05) is 32.9 Å². The number of rotatable bonds is 6. The third-order valence-corrected chi connectivity index (χ3v) is 4.39. The molecule has 2 aromatic heterocycles. The van der Waals surface area contributed by atoms with E-state index in [4.69, 9.17) is 14.5 Å². The zero-order chi connectivity index (χ0) is 20.3. The van der Waals surface area contributed by atoms with Crippen molar-refractivity contribution in [2.24, 2.45) is 0 Å². The molecule has 0 atom stereocenters. The number of fused-ring (bicyclic) bond motifs is 1. The third kappa shape index (κ3) is 4.14. The summed E-state index contributed by atoms with van der Waals surface area (Å²) in [7, 11) is 3.22. The molecule has 2 heterocycles. The molecule has 0 bridgehead atoms. The zero-order valence-corrected chi connectivity index (χ0v) is 16.9. The molecule has 0 aliphatic carbocycles. The van der Waals surface area contributed by atoms with Crippen LogP contribution in [0.15, 0.2) is 36.4 Å². The third-order valence-electron chi connectivity index (χ3n) is 4.39. The minimum atomic E-state index is -0.225. The minimum Gasteiger partial charge on any atom is -0.497 e. The molecule has 7 nitrogen and oxygen atoms in total. The Balaban J connectivity index is 2.13. The quantitative estimate of drug-likeness (QED) is 0.663. The molecule has 28 heavy (non-hydrogen) atoms. The highest BCUT2D eigenvalue weighted by Gasteiger charge is 2.22. The van der Waals surface area contributed by atoms with E-state index in [1.165, 1.54) is 0 Å². The summed E-state index contributed by atoms with van der Waals surface area (Å²) in [6.45, 7) is 7.10. The molecule has 1 N–H and O–H groups in total. The van der Waals surface area contributed by atoms with Gasteiger partial charge in [-0.05, 0) is 18.2 Å². The van der Waals surface area contributed by atoms with E-state index in [0.717, 1.165) is 17.0 Å². The van der Waals surface area contributed by atoms with Crippen LogP contribution >= 0.6 is 0 Å². The highest BCUT2D eigenvalue weighted by Crippen LogP contribution is 2.26. The Morgan fingerprint density at radius 3 is 2.64 bits per heavy atom. The Labute approximate surface area is 164 Å². The van der Waals surface area contributed by atoms with Crippen LogP contribution in [0.5, 0.6) is 5.75 Å². The van der Waals surface area contributed by atoms with Gasteiger partial charge in [0.1, 0.15) is 11.4 Å². The molecule has 3 rings (SSSR count). The molecule has 0 spiro atoms. The Hall–Kier alpha value is -2.93. The van der Waals surface area contributed by atoms with Crippen LogP contribution in [-0.4, -0.2) is 47.9 Å². The fourth-order valence-corrected chi connectivity index (χ4v) is 2.79. The van der Waals surface area contributed by atoms with Crippen LogP contribution < -0.4 is 10.1 Å². The van der Waals surface area contributed by atoms with Crippen LogP contribution in [0.3, 0.4) is 0 Å². The summed E-state index contributed by atoms with van der Waals surface area (Å²) < 4.78 is 11.9. The number of benzene rings is 1. The summed E-state index contributed by atoms with van der Waals surface area (Å²) in [5, 5.41) is 7.50. The number of ether oxygens (including phenoxy) is 2. The molecular weight excluding hydrogens is 356 g/mol. The lowest BCUT2D eigenvalue weighted by atomic mass is 9.93. The first kappa shape index (κ1) is 19.8. The van der Waals surface area contributed by atoms with Gasteiger partial charge in [0, 0.05) is 30.7 Å². The van der Waals surface area contributed by atoms with E-state index in [1.54, 1.807) is 24.8 Å². The van der Waals surface area contributed by atoms with Crippen LogP contribution in [0.1, 0.15) is 37.0 Å². The minimum absolute atomic E-state index is 0.159. The lowest BCUT2D eigenvalue weighted by Gasteiger charge is -2.13. The lowest BCUT2D eigenvalue weighted by Crippen LogP contribution is -2.29. The second-order valence-electron chi connectivity index (χ2n) is 7.56. The number of aromatic nitrogens is 3. The van der Waals surface area contributed by atoms with Crippen molar-refractivity contribution in [3.8, 4) is 17.0 Å². The van der Waals surface area contributed by atoms with Crippen molar-refractivity contribution in [1.82, 2.24) is 19.9 Å². The number of amides is 1. The van der Waals surface area contributed by atoms with Crippen LogP contribution in [0.4, 0.5) is 0 Å². The lowest BCUT2D eigenvalue weighted by molar-refractivity contribution is 0.0929. The van der Waals surface area contributed by atoms with Gasteiger partial charge in [0.25, 0.3) is 5.91 Å². The predicted octanol–water partition coefficient (Wildman–Crippen LogP) is 3.08. The van der Waals surface area contributed by atoms with Crippen molar-refractivity contribution >= 4 is 11.6 Å². The molecule has 0 aliphatic rings. The van der Waals surface area contributed by atoms with Crippen molar-refractivity contribution in [1.29, 1.82) is 0 Å². The van der Waals surface area contributed by atoms with Crippen molar-refractivity contribution < 1.29 is 14.3 Å². The number of carbonyl (C=O) groups is 1. The molecule has 0 radical (unpaired) electrons. The molecule has 3 aromatic rings. The van der Waals surface area contributed by atoms with E-state index in [9.17, 15) is 4.79 Å². The number of hydrogen-bond acceptors (Lipinski definition) is 5. The van der Waals surface area contributed by atoms with Gasteiger partial charge in [-0.25, -0.2) is 9.50 Å². The number of carbonyl (C=O) groups excluding carboxylic acids is 1. The van der Waals surface area contributed by atoms with Gasteiger partial charge >= 0.3 is 0 Å². The highest BCUT2D eigenvalue weighted by atomic mass is 16.5. The number of nitrogens with one attached hydrogen (secondary N) is 1. The first-order valence-corrected chi connectivity index (χ1v) is 9.16. The standard InChI is InChI=1S/C21H26N4O3/c1-21(2,3)18-13-19-23-16(14-7-6-8-15(11-14)28-5)12-17(25(19)24-18)20(26)22-9-10-27-4/h6-8,11-13H,9-10H2,1-5H3,(H,22,26). The van der Waals surface area contributed by atoms with E-state index >= 15 is 0 Å². The van der Waals surface area contributed by atoms with Gasteiger partial charge in [0.15, 0.2) is 5.65 Å². The Morgan fingerprint density at radius 1 is 1.18 bits per heavy atom. The van der Waals surface area contributed by atoms with Crippen molar-refractivity contribution in [3.05, 3.63) is 47.8 Å². The molecule has 7 heteroatoms. The first-order valence-electron chi connectivity index (χ1n) is 9.16. The zero-order valence-electron chi connectivity index (χ0n) is 16.9. The molecular formula is C21H26N4O3.